The average molecular weight is 174 g/mol. The molecule has 12 heavy (non-hydrogen) atoms. The van der Waals surface area contributed by atoms with E-state index in [0.29, 0.717) is 0 Å². The van der Waals surface area contributed by atoms with Crippen LogP contribution in [0.3, 0.4) is 0 Å². The van der Waals surface area contributed by atoms with Gasteiger partial charge < -0.3 is 19.3 Å². The second-order valence-electron chi connectivity index (χ2n) is 2.68. The summed E-state index contributed by atoms with van der Waals surface area (Å²) in [5.74, 6) is -1.04. The van der Waals surface area contributed by atoms with Gasteiger partial charge in [0.25, 0.3) is 0 Å². The van der Waals surface area contributed by atoms with Gasteiger partial charge in [-0.05, 0) is 19.1 Å². The quantitative estimate of drug-likeness (QED) is 0.624. The third-order valence-corrected chi connectivity index (χ3v) is 1.92. The summed E-state index contributed by atoms with van der Waals surface area (Å²) in [6, 6.07) is 0. The van der Waals surface area contributed by atoms with Crippen LogP contribution in [0.2, 0.25) is 0 Å². The fourth-order valence-corrected chi connectivity index (χ4v) is 1.12. The highest BCUT2D eigenvalue weighted by molar-refractivity contribution is 5.07. The van der Waals surface area contributed by atoms with Crippen molar-refractivity contribution in [2.24, 2.45) is 0 Å². The summed E-state index contributed by atoms with van der Waals surface area (Å²) in [6.07, 6.45) is 2.21. The van der Waals surface area contributed by atoms with Crippen LogP contribution in [0.1, 0.15) is 6.92 Å². The SMILES string of the molecule is CO[C@H]1C=C[C@](OC)([C@@H](C)O)O1. The normalized spacial score (nSPS) is 37.2. The van der Waals surface area contributed by atoms with E-state index in [9.17, 15) is 5.11 Å². The van der Waals surface area contributed by atoms with Gasteiger partial charge in [-0.25, -0.2) is 0 Å². The van der Waals surface area contributed by atoms with Gasteiger partial charge in [-0.3, -0.25) is 0 Å². The predicted molar refractivity (Wildman–Crippen MR) is 42.4 cm³/mol. The highest BCUT2D eigenvalue weighted by Crippen LogP contribution is 2.27. The number of aliphatic hydroxyl groups is 1. The van der Waals surface area contributed by atoms with E-state index in [4.69, 9.17) is 14.2 Å². The second-order valence-corrected chi connectivity index (χ2v) is 2.68. The maximum Gasteiger partial charge on any atom is 0.217 e. The van der Waals surface area contributed by atoms with Crippen LogP contribution in [0.15, 0.2) is 12.2 Å². The minimum Gasteiger partial charge on any atom is -0.387 e. The van der Waals surface area contributed by atoms with Crippen LogP contribution in [0.5, 0.6) is 0 Å². The molecule has 0 aromatic rings. The molecule has 0 saturated carbocycles. The van der Waals surface area contributed by atoms with Crippen LogP contribution in [0.4, 0.5) is 0 Å². The topological polar surface area (TPSA) is 47.9 Å². The second kappa shape index (κ2) is 3.53. The molecule has 0 amide bonds. The van der Waals surface area contributed by atoms with Gasteiger partial charge in [0.15, 0.2) is 6.29 Å². The van der Waals surface area contributed by atoms with E-state index in [0.717, 1.165) is 0 Å². The summed E-state index contributed by atoms with van der Waals surface area (Å²) in [4.78, 5) is 0. The van der Waals surface area contributed by atoms with E-state index < -0.39 is 18.2 Å². The minimum absolute atomic E-state index is 0.431. The average Bonchev–Trinajstić information content (AvgIpc) is 2.48. The highest BCUT2D eigenvalue weighted by Gasteiger charge is 2.40. The van der Waals surface area contributed by atoms with Gasteiger partial charge in [-0.15, -0.1) is 0 Å². The Labute approximate surface area is 71.7 Å². The molecule has 0 bridgehead atoms. The van der Waals surface area contributed by atoms with Crippen molar-refractivity contribution in [3.8, 4) is 0 Å². The van der Waals surface area contributed by atoms with Crippen molar-refractivity contribution in [2.45, 2.75) is 25.1 Å². The first-order valence-corrected chi connectivity index (χ1v) is 3.78. The van der Waals surface area contributed by atoms with Crippen LogP contribution in [0.25, 0.3) is 0 Å². The van der Waals surface area contributed by atoms with Crippen molar-refractivity contribution in [2.75, 3.05) is 14.2 Å². The molecule has 0 aliphatic carbocycles. The van der Waals surface area contributed by atoms with Gasteiger partial charge in [0, 0.05) is 14.2 Å². The van der Waals surface area contributed by atoms with Crippen molar-refractivity contribution in [3.05, 3.63) is 12.2 Å². The molecule has 0 unspecified atom stereocenters. The largest absolute Gasteiger partial charge is 0.387 e. The van der Waals surface area contributed by atoms with Crippen molar-refractivity contribution in [1.29, 1.82) is 0 Å². The zero-order valence-electron chi connectivity index (χ0n) is 7.48. The van der Waals surface area contributed by atoms with Crippen molar-refractivity contribution >= 4 is 0 Å². The molecule has 3 atom stereocenters. The number of aliphatic hydroxyl groups excluding tert-OH is 1. The van der Waals surface area contributed by atoms with E-state index in [-0.39, 0.29) is 0 Å². The first-order valence-electron chi connectivity index (χ1n) is 3.78. The van der Waals surface area contributed by atoms with Crippen LogP contribution in [0, 0.1) is 0 Å². The number of methoxy groups -OCH3 is 2. The maximum atomic E-state index is 9.36. The molecule has 4 heteroatoms. The van der Waals surface area contributed by atoms with Crippen LogP contribution in [-0.2, 0) is 14.2 Å². The molecule has 1 rings (SSSR count). The summed E-state index contributed by atoms with van der Waals surface area (Å²) in [5, 5.41) is 9.36. The van der Waals surface area contributed by atoms with Gasteiger partial charge in [0.1, 0.15) is 6.10 Å². The lowest BCUT2D eigenvalue weighted by molar-refractivity contribution is -0.275. The molecule has 1 aliphatic heterocycles. The van der Waals surface area contributed by atoms with E-state index in [2.05, 4.69) is 0 Å². The molecule has 70 valence electrons. The van der Waals surface area contributed by atoms with Crippen LogP contribution >= 0.6 is 0 Å². The molecule has 0 saturated heterocycles. The van der Waals surface area contributed by atoms with Crippen LogP contribution in [-0.4, -0.2) is 37.5 Å². The van der Waals surface area contributed by atoms with E-state index in [1.54, 1.807) is 19.1 Å². The fourth-order valence-electron chi connectivity index (χ4n) is 1.12. The van der Waals surface area contributed by atoms with Crippen molar-refractivity contribution in [1.82, 2.24) is 0 Å². The summed E-state index contributed by atoms with van der Waals surface area (Å²) < 4.78 is 15.3. The van der Waals surface area contributed by atoms with E-state index >= 15 is 0 Å². The van der Waals surface area contributed by atoms with E-state index in [1.807, 2.05) is 0 Å². The lowest BCUT2D eigenvalue weighted by Crippen LogP contribution is -2.42. The third-order valence-electron chi connectivity index (χ3n) is 1.92. The number of hydrogen-bond donors (Lipinski definition) is 1. The molecule has 0 aromatic carbocycles. The van der Waals surface area contributed by atoms with Crippen LogP contribution < -0.4 is 0 Å². The van der Waals surface area contributed by atoms with Gasteiger partial charge >= 0.3 is 0 Å². The molecule has 1 N–H and O–H groups in total. The van der Waals surface area contributed by atoms with E-state index in [1.165, 1.54) is 14.2 Å². The zero-order valence-corrected chi connectivity index (χ0v) is 7.48. The molecular weight excluding hydrogens is 160 g/mol. The summed E-state index contributed by atoms with van der Waals surface area (Å²) in [6.45, 7) is 1.60. The summed E-state index contributed by atoms with van der Waals surface area (Å²) >= 11 is 0. The molecule has 4 nitrogen and oxygen atoms in total. The molecule has 0 radical (unpaired) electrons. The van der Waals surface area contributed by atoms with Crippen molar-refractivity contribution < 1.29 is 19.3 Å². The lowest BCUT2D eigenvalue weighted by Gasteiger charge is -2.29. The van der Waals surface area contributed by atoms with Gasteiger partial charge in [0.05, 0.1) is 0 Å². The molecule has 1 aliphatic rings. The Balaban J connectivity index is 2.68. The fraction of sp³-hybridized carbons (Fsp3) is 0.750. The smallest absolute Gasteiger partial charge is 0.217 e. The molecule has 0 aromatic heterocycles. The predicted octanol–water partition coefficient (Wildman–Crippen LogP) is 0.269. The Morgan fingerprint density at radius 3 is 2.50 bits per heavy atom. The Hall–Kier alpha value is -0.420. The Kier molecular flexibility index (Phi) is 2.85. The summed E-state index contributed by atoms with van der Waals surface area (Å²) in [5.41, 5.74) is 0. The van der Waals surface area contributed by atoms with Crippen molar-refractivity contribution in [3.63, 3.8) is 0 Å². The Morgan fingerprint density at radius 2 is 2.25 bits per heavy atom. The monoisotopic (exact) mass is 174 g/mol. The summed E-state index contributed by atoms with van der Waals surface area (Å²) in [7, 11) is 3.01. The third kappa shape index (κ3) is 1.51. The highest BCUT2D eigenvalue weighted by atomic mass is 16.8. The lowest BCUT2D eigenvalue weighted by atomic mass is 10.2. The molecular formula is C8H14O4. The van der Waals surface area contributed by atoms with Gasteiger partial charge in [0.2, 0.25) is 5.79 Å². The number of hydrogen-bond acceptors (Lipinski definition) is 4. The van der Waals surface area contributed by atoms with Gasteiger partial charge in [-0.2, -0.15) is 0 Å². The molecule has 0 fully saturated rings. The van der Waals surface area contributed by atoms with Gasteiger partial charge in [-0.1, -0.05) is 0 Å². The first-order chi connectivity index (χ1) is 5.64. The molecule has 1 heterocycles. The first kappa shape index (κ1) is 9.67. The number of ether oxygens (including phenoxy) is 3. The molecule has 0 spiro atoms. The number of rotatable bonds is 3. The minimum atomic E-state index is -1.04. The Morgan fingerprint density at radius 1 is 1.58 bits per heavy atom. The standard InChI is InChI=1S/C8H14O4/c1-6(9)8(11-3)5-4-7(10-2)12-8/h4-7,9H,1-3H3/t6-,7-,8-/m1/s1. The Bertz CT molecular complexity index is 178. The maximum absolute atomic E-state index is 9.36. The zero-order chi connectivity index (χ0) is 9.19.